The molecule has 0 fully saturated rings. The summed E-state index contributed by atoms with van der Waals surface area (Å²) in [6.07, 6.45) is 0.573. The van der Waals surface area contributed by atoms with Gasteiger partial charge in [0.15, 0.2) is 0 Å². The number of rotatable bonds is 5. The van der Waals surface area contributed by atoms with Crippen LogP contribution in [0.1, 0.15) is 25.2 Å². The Bertz CT molecular complexity index is 419. The monoisotopic (exact) mass is 228 g/mol. The molecule has 6 heteroatoms. The molecule has 0 spiro atoms. The van der Waals surface area contributed by atoms with Crippen LogP contribution >= 0.6 is 0 Å². The van der Waals surface area contributed by atoms with E-state index in [9.17, 15) is 9.59 Å². The first kappa shape index (κ1) is 12.5. The maximum Gasteiger partial charge on any atom is 0.320 e. The fourth-order valence-electron chi connectivity index (χ4n) is 1.41. The number of aliphatic carboxylic acids is 1. The molecule has 90 valence electrons. The normalized spacial score (nSPS) is 13.0. The van der Waals surface area contributed by atoms with Crippen molar-refractivity contribution in [3.05, 3.63) is 21.7 Å². The van der Waals surface area contributed by atoms with Gasteiger partial charge in [0.05, 0.1) is 5.56 Å². The van der Waals surface area contributed by atoms with E-state index in [0.717, 1.165) is 0 Å². The van der Waals surface area contributed by atoms with E-state index < -0.39 is 17.6 Å². The number of aromatic amines is 1. The zero-order valence-electron chi connectivity index (χ0n) is 9.32. The fourth-order valence-corrected chi connectivity index (χ4v) is 1.41. The lowest BCUT2D eigenvalue weighted by atomic mass is 10.0. The average Bonchev–Trinajstić information content (AvgIpc) is 2.48. The van der Waals surface area contributed by atoms with Gasteiger partial charge in [0.1, 0.15) is 11.8 Å². The van der Waals surface area contributed by atoms with Crippen molar-refractivity contribution in [2.45, 2.75) is 32.7 Å². The summed E-state index contributed by atoms with van der Waals surface area (Å²) in [4.78, 5) is 22.0. The fraction of sp³-hybridized carbons (Fsp3) is 0.600. The van der Waals surface area contributed by atoms with Crippen LogP contribution in [-0.2, 0) is 17.6 Å². The lowest BCUT2D eigenvalue weighted by Gasteiger charge is -2.06. The molecule has 0 aliphatic heterocycles. The highest BCUT2D eigenvalue weighted by atomic mass is 16.5. The van der Waals surface area contributed by atoms with Crippen LogP contribution in [0.3, 0.4) is 0 Å². The summed E-state index contributed by atoms with van der Waals surface area (Å²) in [5.41, 5.74) is 5.32. The molecule has 4 N–H and O–H groups in total. The van der Waals surface area contributed by atoms with E-state index in [0.29, 0.717) is 23.7 Å². The third-order valence-electron chi connectivity index (χ3n) is 2.21. The summed E-state index contributed by atoms with van der Waals surface area (Å²) in [6, 6.07) is -1.08. The summed E-state index contributed by atoms with van der Waals surface area (Å²) in [5.74, 6) is -0.313. The molecule has 1 aromatic rings. The van der Waals surface area contributed by atoms with Crippen molar-refractivity contribution in [2.24, 2.45) is 11.7 Å². The number of carboxylic acids is 1. The lowest BCUT2D eigenvalue weighted by Crippen LogP contribution is -2.34. The molecule has 0 radical (unpaired) electrons. The molecule has 1 heterocycles. The predicted octanol–water partition coefficient (Wildman–Crippen LogP) is 0.121. The van der Waals surface area contributed by atoms with Crippen molar-refractivity contribution in [1.82, 2.24) is 5.16 Å². The minimum absolute atomic E-state index is 0.0107. The Balaban J connectivity index is 2.89. The summed E-state index contributed by atoms with van der Waals surface area (Å²) < 4.78 is 5.00. The third kappa shape index (κ3) is 2.96. The Morgan fingerprint density at radius 2 is 2.12 bits per heavy atom. The topological polar surface area (TPSA) is 109 Å². The second kappa shape index (κ2) is 4.98. The minimum atomic E-state index is -1.13. The van der Waals surface area contributed by atoms with Gasteiger partial charge in [0, 0.05) is 12.8 Å². The van der Waals surface area contributed by atoms with E-state index in [1.54, 1.807) is 0 Å². The highest BCUT2D eigenvalue weighted by molar-refractivity contribution is 5.73. The van der Waals surface area contributed by atoms with Gasteiger partial charge in [-0.15, -0.1) is 0 Å². The van der Waals surface area contributed by atoms with Crippen LogP contribution in [-0.4, -0.2) is 22.3 Å². The third-order valence-corrected chi connectivity index (χ3v) is 2.21. The SMILES string of the molecule is CC(C)Cc1o[nH]c(=O)c1CC(N)C(=O)O. The summed E-state index contributed by atoms with van der Waals surface area (Å²) in [5, 5.41) is 10.9. The molecule has 1 rings (SSSR count). The Hall–Kier alpha value is -1.56. The van der Waals surface area contributed by atoms with Gasteiger partial charge in [-0.2, -0.15) is 5.16 Å². The Morgan fingerprint density at radius 1 is 1.50 bits per heavy atom. The van der Waals surface area contributed by atoms with Gasteiger partial charge in [-0.25, -0.2) is 0 Å². The van der Waals surface area contributed by atoms with Crippen LogP contribution in [0.25, 0.3) is 0 Å². The highest BCUT2D eigenvalue weighted by Gasteiger charge is 2.20. The second-order valence-electron chi connectivity index (χ2n) is 4.18. The number of hydrogen-bond donors (Lipinski definition) is 3. The summed E-state index contributed by atoms with van der Waals surface area (Å²) in [7, 11) is 0. The number of carboxylic acid groups (broad SMARTS) is 1. The van der Waals surface area contributed by atoms with E-state index in [1.165, 1.54) is 0 Å². The van der Waals surface area contributed by atoms with Crippen LogP contribution in [0.5, 0.6) is 0 Å². The number of H-pyrrole nitrogens is 1. The number of nitrogens with one attached hydrogen (secondary N) is 1. The van der Waals surface area contributed by atoms with Crippen molar-refractivity contribution in [2.75, 3.05) is 0 Å². The molecule has 16 heavy (non-hydrogen) atoms. The van der Waals surface area contributed by atoms with Crippen LogP contribution in [0.4, 0.5) is 0 Å². The molecule has 0 aliphatic carbocycles. The van der Waals surface area contributed by atoms with Gasteiger partial charge < -0.3 is 15.4 Å². The van der Waals surface area contributed by atoms with E-state index >= 15 is 0 Å². The van der Waals surface area contributed by atoms with Gasteiger partial charge in [-0.05, 0) is 5.92 Å². The number of hydrogen-bond acceptors (Lipinski definition) is 4. The molecule has 1 unspecified atom stereocenters. The Kier molecular flexibility index (Phi) is 3.89. The quantitative estimate of drug-likeness (QED) is 0.663. The zero-order chi connectivity index (χ0) is 12.3. The number of nitrogens with two attached hydrogens (primary N) is 1. The molecule has 0 aromatic carbocycles. The smallest absolute Gasteiger partial charge is 0.320 e. The van der Waals surface area contributed by atoms with Crippen molar-refractivity contribution >= 4 is 5.97 Å². The number of carbonyl (C=O) groups is 1. The highest BCUT2D eigenvalue weighted by Crippen LogP contribution is 2.11. The molecule has 0 bridgehead atoms. The van der Waals surface area contributed by atoms with E-state index in [1.807, 2.05) is 13.8 Å². The van der Waals surface area contributed by atoms with Gasteiger partial charge in [-0.1, -0.05) is 13.8 Å². The first-order valence-corrected chi connectivity index (χ1v) is 5.09. The predicted molar refractivity (Wildman–Crippen MR) is 57.2 cm³/mol. The van der Waals surface area contributed by atoms with Crippen molar-refractivity contribution in [1.29, 1.82) is 0 Å². The molecule has 0 saturated carbocycles. The van der Waals surface area contributed by atoms with Gasteiger partial charge in [-0.3, -0.25) is 9.59 Å². The molecule has 6 nitrogen and oxygen atoms in total. The molecule has 0 saturated heterocycles. The molecular weight excluding hydrogens is 212 g/mol. The van der Waals surface area contributed by atoms with Crippen LogP contribution in [0.2, 0.25) is 0 Å². The van der Waals surface area contributed by atoms with Gasteiger partial charge in [0.2, 0.25) is 0 Å². The maximum atomic E-state index is 11.4. The minimum Gasteiger partial charge on any atom is -0.480 e. The molecular formula is C10H16N2O4. The zero-order valence-corrected chi connectivity index (χ0v) is 9.32. The first-order chi connectivity index (χ1) is 7.41. The molecule has 1 atom stereocenters. The van der Waals surface area contributed by atoms with Crippen molar-refractivity contribution < 1.29 is 14.4 Å². The Morgan fingerprint density at radius 3 is 2.62 bits per heavy atom. The van der Waals surface area contributed by atoms with Gasteiger partial charge in [0.25, 0.3) is 5.56 Å². The lowest BCUT2D eigenvalue weighted by molar-refractivity contribution is -0.138. The molecule has 0 amide bonds. The molecule has 1 aromatic heterocycles. The van der Waals surface area contributed by atoms with E-state index in [-0.39, 0.29) is 6.42 Å². The average molecular weight is 228 g/mol. The standard InChI is InChI=1S/C10H16N2O4/c1-5(2)3-8-6(9(13)12-16-8)4-7(11)10(14)15/h5,7H,3-4,11H2,1-2H3,(H,12,13)(H,14,15). The van der Waals surface area contributed by atoms with E-state index in [2.05, 4.69) is 5.16 Å². The number of aromatic nitrogens is 1. The van der Waals surface area contributed by atoms with Crippen LogP contribution < -0.4 is 11.3 Å². The maximum absolute atomic E-state index is 11.4. The van der Waals surface area contributed by atoms with Crippen molar-refractivity contribution in [3.8, 4) is 0 Å². The first-order valence-electron chi connectivity index (χ1n) is 5.09. The van der Waals surface area contributed by atoms with Crippen molar-refractivity contribution in [3.63, 3.8) is 0 Å². The summed E-state index contributed by atoms with van der Waals surface area (Å²) >= 11 is 0. The largest absolute Gasteiger partial charge is 0.480 e. The second-order valence-corrected chi connectivity index (χ2v) is 4.18. The van der Waals surface area contributed by atoms with Crippen LogP contribution in [0, 0.1) is 5.92 Å². The summed E-state index contributed by atoms with van der Waals surface area (Å²) in [6.45, 7) is 3.96. The Labute approximate surface area is 92.4 Å². The van der Waals surface area contributed by atoms with Crippen LogP contribution in [0.15, 0.2) is 9.32 Å². The van der Waals surface area contributed by atoms with Gasteiger partial charge >= 0.3 is 5.97 Å². The van der Waals surface area contributed by atoms with E-state index in [4.69, 9.17) is 15.4 Å². The molecule has 0 aliphatic rings.